The molecule has 16 heavy (non-hydrogen) atoms. The fraction of sp³-hybridized carbons (Fsp3) is 0.400. The molecule has 0 N–H and O–H groups in total. The molecule has 6 heteroatoms. The second-order valence-electron chi connectivity index (χ2n) is 2.89. The van der Waals surface area contributed by atoms with Gasteiger partial charge in [0.15, 0.2) is 12.1 Å². The number of rotatable bonds is 5. The highest BCUT2D eigenvalue weighted by atomic mass is 35.5. The number of hydrogen-bond donors (Lipinski definition) is 0. The first-order chi connectivity index (χ1) is 7.60. The van der Waals surface area contributed by atoms with Gasteiger partial charge in [-0.1, -0.05) is 11.6 Å². The van der Waals surface area contributed by atoms with Crippen molar-refractivity contribution < 1.29 is 18.3 Å². The van der Waals surface area contributed by atoms with Crippen molar-refractivity contribution in [2.75, 3.05) is 20.0 Å². The maximum absolute atomic E-state index is 13.4. The van der Waals surface area contributed by atoms with E-state index in [0.29, 0.717) is 5.75 Å². The SMILES string of the molecule is COC(CSc1ccc(F)c(Cl)c1F)OC. The lowest BCUT2D eigenvalue weighted by molar-refractivity contribution is -0.0842. The number of ether oxygens (including phenoxy) is 2. The second-order valence-corrected chi connectivity index (χ2v) is 4.33. The van der Waals surface area contributed by atoms with E-state index in [4.69, 9.17) is 21.1 Å². The molecule has 0 bridgehead atoms. The van der Waals surface area contributed by atoms with Gasteiger partial charge in [0, 0.05) is 24.9 Å². The van der Waals surface area contributed by atoms with Crippen LogP contribution in [0.3, 0.4) is 0 Å². The fourth-order valence-electron chi connectivity index (χ4n) is 1.01. The molecule has 0 amide bonds. The van der Waals surface area contributed by atoms with Gasteiger partial charge in [0.05, 0.1) is 0 Å². The summed E-state index contributed by atoms with van der Waals surface area (Å²) < 4.78 is 36.2. The van der Waals surface area contributed by atoms with Gasteiger partial charge >= 0.3 is 0 Å². The normalized spacial score (nSPS) is 11.1. The Morgan fingerprint density at radius 1 is 1.31 bits per heavy atom. The predicted molar refractivity (Wildman–Crippen MR) is 59.9 cm³/mol. The van der Waals surface area contributed by atoms with E-state index in [-0.39, 0.29) is 4.90 Å². The number of halogens is 3. The van der Waals surface area contributed by atoms with Gasteiger partial charge in [-0.3, -0.25) is 0 Å². The van der Waals surface area contributed by atoms with Crippen LogP contribution >= 0.6 is 23.4 Å². The zero-order chi connectivity index (χ0) is 12.1. The minimum absolute atomic E-state index is 0.269. The van der Waals surface area contributed by atoms with Crippen molar-refractivity contribution in [3.05, 3.63) is 28.8 Å². The summed E-state index contributed by atoms with van der Waals surface area (Å²) >= 11 is 6.59. The molecular weight excluding hydrogens is 258 g/mol. The molecule has 0 radical (unpaired) electrons. The van der Waals surface area contributed by atoms with Gasteiger partial charge in [-0.05, 0) is 12.1 Å². The van der Waals surface area contributed by atoms with E-state index in [1.807, 2.05) is 0 Å². The fourth-order valence-corrected chi connectivity index (χ4v) is 2.21. The molecule has 0 aromatic heterocycles. The van der Waals surface area contributed by atoms with Crippen LogP contribution < -0.4 is 0 Å². The Morgan fingerprint density at radius 3 is 2.50 bits per heavy atom. The highest BCUT2D eigenvalue weighted by Crippen LogP contribution is 2.29. The molecule has 0 spiro atoms. The van der Waals surface area contributed by atoms with E-state index in [1.54, 1.807) is 0 Å². The van der Waals surface area contributed by atoms with Crippen LogP contribution in [0.5, 0.6) is 0 Å². The molecule has 1 aromatic rings. The smallest absolute Gasteiger partial charge is 0.166 e. The quantitative estimate of drug-likeness (QED) is 0.464. The van der Waals surface area contributed by atoms with E-state index in [9.17, 15) is 8.78 Å². The van der Waals surface area contributed by atoms with Crippen molar-refractivity contribution in [2.45, 2.75) is 11.2 Å². The Morgan fingerprint density at radius 2 is 1.94 bits per heavy atom. The van der Waals surface area contributed by atoms with E-state index in [1.165, 1.54) is 20.3 Å². The lowest BCUT2D eigenvalue weighted by atomic mass is 10.3. The molecular formula is C10H11ClF2O2S. The molecule has 90 valence electrons. The molecule has 0 atom stereocenters. The van der Waals surface area contributed by atoms with Crippen molar-refractivity contribution in [3.63, 3.8) is 0 Å². The molecule has 0 aliphatic rings. The number of benzene rings is 1. The van der Waals surface area contributed by atoms with E-state index >= 15 is 0 Å². The minimum Gasteiger partial charge on any atom is -0.355 e. The molecule has 0 saturated heterocycles. The summed E-state index contributed by atoms with van der Waals surface area (Å²) in [7, 11) is 2.98. The van der Waals surface area contributed by atoms with E-state index in [0.717, 1.165) is 17.8 Å². The summed E-state index contributed by atoms with van der Waals surface area (Å²) in [6.07, 6.45) is -0.437. The Bertz CT molecular complexity index is 359. The lowest BCUT2D eigenvalue weighted by Crippen LogP contribution is -2.15. The van der Waals surface area contributed by atoms with Crippen molar-refractivity contribution in [3.8, 4) is 0 Å². The maximum atomic E-state index is 13.4. The first-order valence-corrected chi connectivity index (χ1v) is 5.78. The minimum atomic E-state index is -0.765. The van der Waals surface area contributed by atoms with Crippen LogP contribution in [0.1, 0.15) is 0 Å². The lowest BCUT2D eigenvalue weighted by Gasteiger charge is -2.13. The average Bonchev–Trinajstić information content (AvgIpc) is 2.30. The van der Waals surface area contributed by atoms with Crippen LogP contribution in [-0.4, -0.2) is 26.3 Å². The van der Waals surface area contributed by atoms with Crippen LogP contribution in [0, 0.1) is 11.6 Å². The van der Waals surface area contributed by atoms with Gasteiger partial charge in [-0.15, -0.1) is 11.8 Å². The molecule has 1 rings (SSSR count). The van der Waals surface area contributed by atoms with Crippen molar-refractivity contribution in [1.29, 1.82) is 0 Å². The molecule has 0 saturated carbocycles. The van der Waals surface area contributed by atoms with Gasteiger partial charge in [-0.2, -0.15) is 0 Å². The third kappa shape index (κ3) is 3.31. The van der Waals surface area contributed by atoms with Crippen LogP contribution in [0.2, 0.25) is 5.02 Å². The van der Waals surface area contributed by atoms with Crippen LogP contribution in [0.15, 0.2) is 17.0 Å². The van der Waals surface area contributed by atoms with Gasteiger partial charge in [0.1, 0.15) is 10.8 Å². The second kappa shape index (κ2) is 6.39. The summed E-state index contributed by atoms with van der Waals surface area (Å²) in [4.78, 5) is 0.269. The number of thioether (sulfide) groups is 1. The molecule has 0 heterocycles. The van der Waals surface area contributed by atoms with E-state index < -0.39 is 22.9 Å². The number of methoxy groups -OCH3 is 2. The van der Waals surface area contributed by atoms with Crippen LogP contribution in [0.4, 0.5) is 8.78 Å². The van der Waals surface area contributed by atoms with Gasteiger partial charge in [0.25, 0.3) is 0 Å². The number of hydrogen-bond acceptors (Lipinski definition) is 3. The van der Waals surface area contributed by atoms with Gasteiger partial charge < -0.3 is 9.47 Å². The van der Waals surface area contributed by atoms with E-state index in [2.05, 4.69) is 0 Å². The van der Waals surface area contributed by atoms with Crippen LogP contribution in [0.25, 0.3) is 0 Å². The average molecular weight is 269 g/mol. The third-order valence-corrected chi connectivity index (χ3v) is 3.31. The zero-order valence-electron chi connectivity index (χ0n) is 8.80. The van der Waals surface area contributed by atoms with Crippen molar-refractivity contribution >= 4 is 23.4 Å². The zero-order valence-corrected chi connectivity index (χ0v) is 10.4. The Hall–Kier alpha value is -0.360. The molecule has 0 fully saturated rings. The standard InChI is InChI=1S/C10H11ClF2O2S/c1-14-8(15-2)5-16-7-4-3-6(12)9(11)10(7)13/h3-4,8H,5H2,1-2H3. The summed E-state index contributed by atoms with van der Waals surface area (Å²) in [5.74, 6) is -1.12. The van der Waals surface area contributed by atoms with Crippen molar-refractivity contribution in [2.24, 2.45) is 0 Å². The van der Waals surface area contributed by atoms with Gasteiger partial charge in [-0.25, -0.2) is 8.78 Å². The highest BCUT2D eigenvalue weighted by Gasteiger charge is 2.14. The topological polar surface area (TPSA) is 18.5 Å². The maximum Gasteiger partial charge on any atom is 0.166 e. The monoisotopic (exact) mass is 268 g/mol. The third-order valence-electron chi connectivity index (χ3n) is 1.90. The summed E-state index contributed by atoms with van der Waals surface area (Å²) in [5.41, 5.74) is 0. The molecule has 0 aliphatic carbocycles. The Kier molecular flexibility index (Phi) is 5.48. The Labute approximate surface area is 102 Å². The first kappa shape index (κ1) is 13.7. The molecule has 2 nitrogen and oxygen atoms in total. The first-order valence-electron chi connectivity index (χ1n) is 4.42. The predicted octanol–water partition coefficient (Wildman–Crippen LogP) is 3.33. The molecule has 0 aliphatic heterocycles. The van der Waals surface area contributed by atoms with Crippen LogP contribution in [-0.2, 0) is 9.47 Å². The highest BCUT2D eigenvalue weighted by molar-refractivity contribution is 7.99. The summed E-state index contributed by atoms with van der Waals surface area (Å²) in [6.45, 7) is 0. The molecule has 1 aromatic carbocycles. The summed E-state index contributed by atoms with van der Waals surface area (Å²) in [6, 6.07) is 2.46. The van der Waals surface area contributed by atoms with Crippen molar-refractivity contribution in [1.82, 2.24) is 0 Å². The Balaban J connectivity index is 2.71. The molecule has 0 unspecified atom stereocenters. The van der Waals surface area contributed by atoms with Gasteiger partial charge in [0.2, 0.25) is 0 Å². The largest absolute Gasteiger partial charge is 0.355 e. The summed E-state index contributed by atoms with van der Waals surface area (Å²) in [5, 5.41) is -0.489.